The Bertz CT molecular complexity index is 5680. The van der Waals surface area contributed by atoms with E-state index in [0.717, 1.165) is 23.9 Å². The summed E-state index contributed by atoms with van der Waals surface area (Å²) in [6, 6.07) is 29.6. The molecule has 0 fully saturated rings. The third-order valence-corrected chi connectivity index (χ3v) is 25.7. The van der Waals surface area contributed by atoms with Crippen molar-refractivity contribution in [3.05, 3.63) is 182 Å². The van der Waals surface area contributed by atoms with E-state index in [4.69, 9.17) is 28.4 Å². The van der Waals surface area contributed by atoms with Gasteiger partial charge in [0.15, 0.2) is 11.9 Å². The minimum Gasteiger partial charge on any atom is -0.480 e. The van der Waals surface area contributed by atoms with Crippen LogP contribution in [0.25, 0.3) is 44.1 Å². The fourth-order valence-electron chi connectivity index (χ4n) is 12.7. The molecule has 10 rings (SSSR count). The Morgan fingerprint density at radius 1 is 0.406 bits per heavy atom. The van der Waals surface area contributed by atoms with Gasteiger partial charge in [-0.15, -0.1) is 0 Å². The number of hydrogen-bond donors (Lipinski definition) is 14. The highest BCUT2D eigenvalue weighted by Gasteiger charge is 2.29. The van der Waals surface area contributed by atoms with Crippen molar-refractivity contribution in [3.8, 4) is 22.3 Å². The highest BCUT2D eigenvalue weighted by Crippen LogP contribution is 2.27. The lowest BCUT2D eigenvalue weighted by molar-refractivity contribution is -0.139. The lowest BCUT2D eigenvalue weighted by atomic mass is 10.0. The SMILES string of the molecule is CC(CCC(=O)NCCCOCCOCCOCCCNS(=O)(=O)c1ccc(-c2ccc(S(=O)(=O)NC(CNC(=O)c3ccc4c(cnn4CCCNc4ncc[nH]4)c3)C(=O)O)cc2)cc1)C(=O)NCCCOCCOCCOCCCNS(=O)(=O)c1ccc(-c2ccc(S(=O)(=O)NC(CNC(=O)c3ccc4c(cnn4CCCNc4ncc[nH]4)c3)C(=O)O)cc2)cc1. The third-order valence-electron chi connectivity index (χ3n) is 19.7. The monoisotopic (exact) mass is 1850 g/mol. The summed E-state index contributed by atoms with van der Waals surface area (Å²) in [5.74, 6) is -3.61. The fraction of sp³-hybridized carbons (Fsp3) is 0.405. The summed E-state index contributed by atoms with van der Waals surface area (Å²) in [6.45, 7) is 7.98. The molecule has 44 heteroatoms. The number of anilines is 2. The largest absolute Gasteiger partial charge is 0.480 e. The summed E-state index contributed by atoms with van der Waals surface area (Å²) in [7, 11) is -16.5. The van der Waals surface area contributed by atoms with Crippen molar-refractivity contribution in [2.24, 2.45) is 5.92 Å². The van der Waals surface area contributed by atoms with Gasteiger partial charge < -0.3 is 80.5 Å². The van der Waals surface area contributed by atoms with E-state index >= 15 is 0 Å². The van der Waals surface area contributed by atoms with E-state index in [9.17, 15) is 72.7 Å². The second-order valence-corrected chi connectivity index (χ2v) is 36.2. The molecule has 4 amide bonds. The van der Waals surface area contributed by atoms with Crippen LogP contribution >= 0.6 is 0 Å². The van der Waals surface area contributed by atoms with Crippen LogP contribution in [0, 0.1) is 5.92 Å². The van der Waals surface area contributed by atoms with Crippen molar-refractivity contribution in [2.75, 3.05) is 142 Å². The number of H-pyrrole nitrogens is 2. The number of amides is 4. The first-order valence-electron chi connectivity index (χ1n) is 41.6. The van der Waals surface area contributed by atoms with Gasteiger partial charge in [0.1, 0.15) is 12.1 Å². The second kappa shape index (κ2) is 50.3. The van der Waals surface area contributed by atoms with Crippen molar-refractivity contribution in [2.45, 2.75) is 103 Å². The third kappa shape index (κ3) is 31.8. The average molecular weight is 1850 g/mol. The van der Waals surface area contributed by atoms with E-state index in [1.165, 1.54) is 72.8 Å². The molecule has 0 saturated heterocycles. The maximum Gasteiger partial charge on any atom is 0.323 e. The number of fused-ring (bicyclic) bond motifs is 2. The fourth-order valence-corrected chi connectivity index (χ4v) is 17.2. The van der Waals surface area contributed by atoms with Crippen LogP contribution in [0.2, 0.25) is 0 Å². The van der Waals surface area contributed by atoms with Gasteiger partial charge in [0.25, 0.3) is 11.8 Å². The van der Waals surface area contributed by atoms with Gasteiger partial charge in [-0.2, -0.15) is 19.6 Å². The Balaban J connectivity index is 0.473. The Kier molecular flexibility index (Phi) is 38.8. The van der Waals surface area contributed by atoms with E-state index < -0.39 is 89.0 Å². The van der Waals surface area contributed by atoms with Gasteiger partial charge in [0, 0.05) is 151 Å². The molecule has 4 heterocycles. The van der Waals surface area contributed by atoms with E-state index in [-0.39, 0.29) is 94.4 Å². The highest BCUT2D eigenvalue weighted by atomic mass is 32.2. The number of carboxylic acid groups (broad SMARTS) is 2. The van der Waals surface area contributed by atoms with E-state index in [1.54, 1.807) is 114 Å². The first-order chi connectivity index (χ1) is 61.7. The second-order valence-electron chi connectivity index (χ2n) is 29.2. The molecule has 690 valence electrons. The number of ether oxygens (including phenoxy) is 6. The summed E-state index contributed by atoms with van der Waals surface area (Å²) in [5, 5.41) is 47.1. The average Bonchev–Trinajstić information content (AvgIpc) is 1.66. The molecule has 4 aromatic heterocycles. The topological polar surface area (TPSA) is 548 Å². The summed E-state index contributed by atoms with van der Waals surface area (Å²) in [4.78, 5) is 89.4. The van der Waals surface area contributed by atoms with E-state index in [0.29, 0.717) is 169 Å². The molecule has 0 aliphatic carbocycles. The zero-order valence-electron chi connectivity index (χ0n) is 70.5. The van der Waals surface area contributed by atoms with Crippen molar-refractivity contribution >= 4 is 109 Å². The highest BCUT2D eigenvalue weighted by molar-refractivity contribution is 7.90. The maximum atomic E-state index is 13.4. The number of aromatic nitrogens is 8. The molecular weight excluding hydrogens is 1740 g/mol. The molecule has 0 bridgehead atoms. The van der Waals surface area contributed by atoms with Crippen molar-refractivity contribution < 1.29 is 101 Å². The summed E-state index contributed by atoms with van der Waals surface area (Å²) >= 11 is 0. The Hall–Kier alpha value is -11.5. The van der Waals surface area contributed by atoms with Crippen molar-refractivity contribution in [3.63, 3.8) is 0 Å². The predicted molar refractivity (Wildman–Crippen MR) is 473 cm³/mol. The van der Waals surface area contributed by atoms with Crippen LogP contribution in [0.15, 0.2) is 190 Å². The zero-order chi connectivity index (χ0) is 91.2. The number of aromatic amines is 2. The predicted octanol–water partition coefficient (Wildman–Crippen LogP) is 5.06. The quantitative estimate of drug-likeness (QED) is 0.0221. The number of carbonyl (C=O) groups excluding carboxylic acids is 4. The van der Waals surface area contributed by atoms with Crippen molar-refractivity contribution in [1.82, 2.24) is 79.7 Å². The molecule has 3 atom stereocenters. The van der Waals surface area contributed by atoms with Gasteiger partial charge in [-0.05, 0) is 152 Å². The zero-order valence-corrected chi connectivity index (χ0v) is 73.8. The number of aryl methyl sites for hydroxylation is 2. The van der Waals surface area contributed by atoms with Gasteiger partial charge in [0.05, 0.1) is 95.9 Å². The molecule has 14 N–H and O–H groups in total. The van der Waals surface area contributed by atoms with Crippen LogP contribution in [0.4, 0.5) is 11.9 Å². The van der Waals surface area contributed by atoms with Crippen LogP contribution in [0.3, 0.4) is 0 Å². The van der Waals surface area contributed by atoms with Crippen LogP contribution in [-0.4, -0.2) is 263 Å². The summed E-state index contributed by atoms with van der Waals surface area (Å²) in [6.07, 6.45) is 14.0. The van der Waals surface area contributed by atoms with Crippen LogP contribution in [-0.2, 0) is 101 Å². The number of sulfonamides is 4. The number of hydrogen-bond acceptors (Lipinski definition) is 26. The van der Waals surface area contributed by atoms with Gasteiger partial charge in [0.2, 0.25) is 51.9 Å². The molecule has 0 saturated carbocycles. The molecule has 3 unspecified atom stereocenters. The van der Waals surface area contributed by atoms with Crippen LogP contribution in [0.1, 0.15) is 79.0 Å². The standard InChI is InChI=1S/C84H108N18O22S4/c1-60(78(104)86-33-5-43-120-47-51-124-53-49-122-45-7-35-98-126(113,114)70-21-11-62(12-22-70)64-15-25-72(26-16-64)128(117,118)100-74(82(109)110)59-94-80(106)66-18-28-76-68(55-66)57-96-102(76)41-3-31-88-84-91-38-39-92-84)8-29-77(103)85-32-4-42-119-46-50-123-52-48-121-44-6-34-97-125(111,112)69-19-9-61(10-20-69)63-13-23-71(24-14-63)127(115,116)99-73(81(107)108)58-93-79(105)65-17-27-75-67(54-65)56-95-101(75)40-2-30-87-83-89-36-37-90-83/h9-28,36-39,54-57,60,73-74,97-100H,2-8,29-35,40-53,58-59H2,1H3,(H,85,103)(H,86,104)(H,93,105)(H,94,106)(H,107,108)(H,109,110)(H2,87,89,90)(H2,88,91,92). The number of imidazole rings is 2. The molecular formula is C84H108N18O22S4. The Morgan fingerprint density at radius 3 is 1.10 bits per heavy atom. The number of aliphatic carboxylic acids is 2. The number of rotatable bonds is 62. The normalized spacial score (nSPS) is 12.7. The molecule has 0 aliphatic rings. The molecule has 0 spiro atoms. The molecule has 40 nitrogen and oxygen atoms in total. The first-order valence-corrected chi connectivity index (χ1v) is 47.5. The number of carboxylic acids is 2. The first kappa shape index (κ1) is 98.7. The number of carbonyl (C=O) groups is 6. The van der Waals surface area contributed by atoms with Gasteiger partial charge in [-0.3, -0.25) is 38.1 Å². The van der Waals surface area contributed by atoms with Crippen LogP contribution in [0.5, 0.6) is 0 Å². The number of benzene rings is 6. The lowest BCUT2D eigenvalue weighted by Gasteiger charge is -2.16. The van der Waals surface area contributed by atoms with Crippen molar-refractivity contribution in [1.29, 1.82) is 0 Å². The number of nitrogens with one attached hydrogen (secondary N) is 12. The van der Waals surface area contributed by atoms with Gasteiger partial charge >= 0.3 is 11.9 Å². The summed E-state index contributed by atoms with van der Waals surface area (Å²) < 4.78 is 152. The molecule has 10 aromatic rings. The Labute approximate surface area is 741 Å². The minimum atomic E-state index is -4.38. The van der Waals surface area contributed by atoms with E-state index in [2.05, 4.69) is 80.9 Å². The molecule has 0 radical (unpaired) electrons. The minimum absolute atomic E-state index is 0.0127. The van der Waals surface area contributed by atoms with Gasteiger partial charge in [-0.1, -0.05) is 55.5 Å². The maximum absolute atomic E-state index is 13.4. The Morgan fingerprint density at radius 2 is 0.750 bits per heavy atom. The van der Waals surface area contributed by atoms with E-state index in [1.807, 2.05) is 0 Å². The van der Waals surface area contributed by atoms with Gasteiger partial charge in [-0.25, -0.2) is 53.1 Å². The lowest BCUT2D eigenvalue weighted by Crippen LogP contribution is -2.48. The molecule has 6 aromatic carbocycles. The van der Waals surface area contributed by atoms with Crippen LogP contribution < -0.4 is 50.8 Å². The number of nitrogens with zero attached hydrogens (tertiary/aromatic N) is 6. The summed E-state index contributed by atoms with van der Waals surface area (Å²) in [5.41, 5.74) is 4.34. The molecule has 0 aliphatic heterocycles. The smallest absolute Gasteiger partial charge is 0.323 e. The molecule has 128 heavy (non-hydrogen) atoms.